The number of hydrogen-bond donors (Lipinski definition) is 0. The first kappa shape index (κ1) is 18.4. The molecule has 0 saturated heterocycles. The zero-order valence-corrected chi connectivity index (χ0v) is 16.4. The minimum absolute atomic E-state index is 0.102. The molecule has 3 rings (SSSR count). The highest BCUT2D eigenvalue weighted by Crippen LogP contribution is 2.24. The molecule has 0 aliphatic carbocycles. The number of carbonyl (C=O) groups is 1. The van der Waals surface area contributed by atoms with Crippen molar-refractivity contribution in [2.75, 3.05) is 5.75 Å². The highest BCUT2D eigenvalue weighted by molar-refractivity contribution is 7.99. The number of ketones is 1. The van der Waals surface area contributed by atoms with Crippen molar-refractivity contribution in [1.82, 2.24) is 14.8 Å². The molecular weight excluding hydrogens is 342 g/mol. The summed E-state index contributed by atoms with van der Waals surface area (Å²) in [4.78, 5) is 12.4. The number of hydrogen-bond acceptors (Lipinski definition) is 4. The van der Waals surface area contributed by atoms with Gasteiger partial charge in [-0.25, -0.2) is 0 Å². The van der Waals surface area contributed by atoms with Crippen LogP contribution in [0.4, 0.5) is 0 Å². The fourth-order valence-corrected chi connectivity index (χ4v) is 3.47. The van der Waals surface area contributed by atoms with Gasteiger partial charge in [0.25, 0.3) is 0 Å². The average Bonchev–Trinajstić information content (AvgIpc) is 3.01. The average molecular weight is 366 g/mol. The molecular formula is C21H23N3OS. The minimum atomic E-state index is 0.102. The monoisotopic (exact) mass is 365 g/mol. The van der Waals surface area contributed by atoms with E-state index in [2.05, 4.69) is 43.1 Å². The molecule has 26 heavy (non-hydrogen) atoms. The number of nitrogens with zero attached hydrogens (tertiary/aromatic N) is 3. The number of carbonyl (C=O) groups excluding carboxylic acids is 1. The largest absolute Gasteiger partial charge is 0.305 e. The second-order valence-electron chi connectivity index (χ2n) is 6.72. The zero-order chi connectivity index (χ0) is 18.7. The van der Waals surface area contributed by atoms with Crippen molar-refractivity contribution < 1.29 is 4.79 Å². The maximum absolute atomic E-state index is 12.4. The van der Waals surface area contributed by atoms with Gasteiger partial charge in [-0.15, -0.1) is 10.2 Å². The highest BCUT2D eigenvalue weighted by atomic mass is 32.2. The molecule has 0 aliphatic rings. The highest BCUT2D eigenvalue weighted by Gasteiger charge is 2.14. The second-order valence-corrected chi connectivity index (χ2v) is 7.66. The van der Waals surface area contributed by atoms with Gasteiger partial charge in [0.15, 0.2) is 16.8 Å². The van der Waals surface area contributed by atoms with E-state index in [1.165, 1.54) is 22.9 Å². The molecule has 3 aromatic rings. The second kappa shape index (κ2) is 7.87. The van der Waals surface area contributed by atoms with Crippen molar-refractivity contribution in [3.05, 3.63) is 65.2 Å². The molecule has 5 heteroatoms. The summed E-state index contributed by atoms with van der Waals surface area (Å²) in [5, 5.41) is 9.26. The summed E-state index contributed by atoms with van der Waals surface area (Å²) in [6, 6.07) is 16.1. The first-order chi connectivity index (χ1) is 12.5. The van der Waals surface area contributed by atoms with Gasteiger partial charge in [-0.2, -0.15) is 0 Å². The normalized spacial score (nSPS) is 11.1. The van der Waals surface area contributed by atoms with E-state index in [0.29, 0.717) is 11.7 Å². The Kier molecular flexibility index (Phi) is 5.57. The summed E-state index contributed by atoms with van der Waals surface area (Å²) >= 11 is 1.42. The fraction of sp³-hybridized carbons (Fsp3) is 0.286. The lowest BCUT2D eigenvalue weighted by Crippen LogP contribution is -2.04. The molecule has 0 atom stereocenters. The Hall–Kier alpha value is -2.40. The lowest BCUT2D eigenvalue weighted by atomic mass is 10.0. The standard InChI is InChI=1S/C21H23N3OS/c1-14(2)16-9-11-17(12-10-16)19(25)13-26-21-23-22-20(24(21)4)18-7-5-15(3)6-8-18/h5-12,14H,13H2,1-4H3. The first-order valence-corrected chi connectivity index (χ1v) is 9.66. The van der Waals surface area contributed by atoms with Crippen molar-refractivity contribution in [2.45, 2.75) is 31.8 Å². The van der Waals surface area contributed by atoms with Crippen LogP contribution in [0.1, 0.15) is 41.3 Å². The molecule has 1 aromatic heterocycles. The maximum atomic E-state index is 12.4. The molecule has 0 unspecified atom stereocenters. The van der Waals surface area contributed by atoms with Gasteiger partial charge in [0, 0.05) is 18.2 Å². The van der Waals surface area contributed by atoms with E-state index >= 15 is 0 Å². The number of Topliss-reactive ketones (excluding diaryl/α,β-unsaturated/α-hetero) is 1. The van der Waals surface area contributed by atoms with Crippen LogP contribution < -0.4 is 0 Å². The Morgan fingerprint density at radius 1 is 1.04 bits per heavy atom. The van der Waals surface area contributed by atoms with Crippen molar-refractivity contribution >= 4 is 17.5 Å². The van der Waals surface area contributed by atoms with Crippen LogP contribution in [-0.4, -0.2) is 26.3 Å². The molecule has 4 nitrogen and oxygen atoms in total. The minimum Gasteiger partial charge on any atom is -0.305 e. The number of aromatic nitrogens is 3. The summed E-state index contributed by atoms with van der Waals surface area (Å²) in [6.45, 7) is 6.35. The van der Waals surface area contributed by atoms with Gasteiger partial charge in [0.2, 0.25) is 0 Å². The molecule has 1 heterocycles. The predicted molar refractivity (Wildman–Crippen MR) is 107 cm³/mol. The van der Waals surface area contributed by atoms with E-state index in [4.69, 9.17) is 0 Å². The fourth-order valence-electron chi connectivity index (χ4n) is 2.66. The third-order valence-corrected chi connectivity index (χ3v) is 5.40. The Labute approximate surface area is 158 Å². The summed E-state index contributed by atoms with van der Waals surface area (Å²) < 4.78 is 1.93. The van der Waals surface area contributed by atoms with E-state index < -0.39 is 0 Å². The van der Waals surface area contributed by atoms with Crippen LogP contribution in [0.15, 0.2) is 53.7 Å². The molecule has 2 aromatic carbocycles. The third kappa shape index (κ3) is 4.05. The van der Waals surface area contributed by atoms with E-state index in [1.54, 1.807) is 0 Å². The Morgan fingerprint density at radius 2 is 1.69 bits per heavy atom. The van der Waals surface area contributed by atoms with Crippen LogP contribution in [0, 0.1) is 6.92 Å². The van der Waals surface area contributed by atoms with Gasteiger partial charge >= 0.3 is 0 Å². The van der Waals surface area contributed by atoms with E-state index in [1.807, 2.05) is 48.0 Å². The quantitative estimate of drug-likeness (QED) is 0.461. The lowest BCUT2D eigenvalue weighted by Gasteiger charge is -2.07. The van der Waals surface area contributed by atoms with Crippen molar-refractivity contribution in [3.8, 4) is 11.4 Å². The molecule has 0 amide bonds. The Bertz CT molecular complexity index is 896. The van der Waals surface area contributed by atoms with Gasteiger partial charge in [-0.3, -0.25) is 4.79 Å². The van der Waals surface area contributed by atoms with E-state index in [9.17, 15) is 4.79 Å². The Morgan fingerprint density at radius 3 is 2.31 bits per heavy atom. The topological polar surface area (TPSA) is 47.8 Å². The van der Waals surface area contributed by atoms with Crippen molar-refractivity contribution in [3.63, 3.8) is 0 Å². The van der Waals surface area contributed by atoms with Gasteiger partial charge in [-0.1, -0.05) is 79.7 Å². The maximum Gasteiger partial charge on any atom is 0.191 e. The molecule has 0 bridgehead atoms. The van der Waals surface area contributed by atoms with Gasteiger partial charge in [0.1, 0.15) is 0 Å². The van der Waals surface area contributed by atoms with Gasteiger partial charge < -0.3 is 4.57 Å². The molecule has 0 fully saturated rings. The molecule has 0 N–H and O–H groups in total. The van der Waals surface area contributed by atoms with Crippen LogP contribution >= 0.6 is 11.8 Å². The van der Waals surface area contributed by atoms with Gasteiger partial charge in [-0.05, 0) is 18.4 Å². The Balaban J connectivity index is 1.68. The van der Waals surface area contributed by atoms with Crippen molar-refractivity contribution in [2.24, 2.45) is 7.05 Å². The predicted octanol–water partition coefficient (Wildman–Crippen LogP) is 4.89. The van der Waals surface area contributed by atoms with Gasteiger partial charge in [0.05, 0.1) is 5.75 Å². The van der Waals surface area contributed by atoms with Crippen LogP contribution in [0.5, 0.6) is 0 Å². The molecule has 0 saturated carbocycles. The van der Waals surface area contributed by atoms with E-state index in [0.717, 1.165) is 22.1 Å². The number of aryl methyl sites for hydroxylation is 1. The summed E-state index contributed by atoms with van der Waals surface area (Å²) in [7, 11) is 1.93. The van der Waals surface area contributed by atoms with E-state index in [-0.39, 0.29) is 5.78 Å². The number of thioether (sulfide) groups is 1. The zero-order valence-electron chi connectivity index (χ0n) is 15.6. The molecule has 0 spiro atoms. The first-order valence-electron chi connectivity index (χ1n) is 8.68. The number of benzene rings is 2. The van der Waals surface area contributed by atoms with Crippen LogP contribution in [0.3, 0.4) is 0 Å². The summed E-state index contributed by atoms with van der Waals surface area (Å²) in [6.07, 6.45) is 0. The van der Waals surface area contributed by atoms with Crippen LogP contribution in [-0.2, 0) is 7.05 Å². The van der Waals surface area contributed by atoms with Crippen molar-refractivity contribution in [1.29, 1.82) is 0 Å². The molecule has 0 aliphatic heterocycles. The molecule has 0 radical (unpaired) electrons. The summed E-state index contributed by atoms with van der Waals surface area (Å²) in [5.41, 5.74) is 4.21. The van der Waals surface area contributed by atoms with Crippen LogP contribution in [0.25, 0.3) is 11.4 Å². The third-order valence-electron chi connectivity index (χ3n) is 4.38. The summed E-state index contributed by atoms with van der Waals surface area (Å²) in [5.74, 6) is 1.72. The molecule has 134 valence electrons. The smallest absolute Gasteiger partial charge is 0.191 e. The SMILES string of the molecule is Cc1ccc(-c2nnc(SCC(=O)c3ccc(C(C)C)cc3)n2C)cc1. The lowest BCUT2D eigenvalue weighted by molar-refractivity contribution is 0.102. The van der Waals surface area contributed by atoms with Crippen LogP contribution in [0.2, 0.25) is 0 Å². The number of rotatable bonds is 6.